The van der Waals surface area contributed by atoms with Gasteiger partial charge in [-0.15, -0.1) is 0 Å². The predicted molar refractivity (Wildman–Crippen MR) is 126 cm³/mol. The van der Waals surface area contributed by atoms with E-state index in [1.807, 2.05) is 49.4 Å². The Balaban J connectivity index is 1.94. The number of carbonyl (C=O) groups excluding carboxylic acids is 1. The summed E-state index contributed by atoms with van der Waals surface area (Å²) in [6, 6.07) is 28.9. The van der Waals surface area contributed by atoms with E-state index in [1.54, 1.807) is 0 Å². The lowest BCUT2D eigenvalue weighted by Gasteiger charge is -2.17. The van der Waals surface area contributed by atoms with Crippen LogP contribution in [0.25, 0.3) is 22.3 Å². The molecule has 1 atom stereocenters. The molecule has 0 saturated heterocycles. The number of aryl methyl sites for hydroxylation is 1. The van der Waals surface area contributed by atoms with Gasteiger partial charge in [-0.25, -0.2) is 0 Å². The third-order valence-electron chi connectivity index (χ3n) is 5.34. The van der Waals surface area contributed by atoms with Crippen LogP contribution in [-0.2, 0) is 9.53 Å². The first-order chi connectivity index (χ1) is 14.6. The number of esters is 1. The number of halogens is 1. The van der Waals surface area contributed by atoms with E-state index in [4.69, 9.17) is 4.74 Å². The van der Waals surface area contributed by atoms with Gasteiger partial charge in [0, 0.05) is 4.47 Å². The molecule has 0 aliphatic heterocycles. The molecule has 0 saturated carbocycles. The molecular weight excluding hydrogens is 436 g/mol. The van der Waals surface area contributed by atoms with Crippen molar-refractivity contribution in [2.24, 2.45) is 0 Å². The summed E-state index contributed by atoms with van der Waals surface area (Å²) in [6.07, 6.45) is 0. The van der Waals surface area contributed by atoms with E-state index in [0.717, 1.165) is 37.9 Å². The van der Waals surface area contributed by atoms with Crippen LogP contribution in [-0.4, -0.2) is 12.6 Å². The Hall–Kier alpha value is -2.91. The fourth-order valence-electron chi connectivity index (χ4n) is 3.88. The topological polar surface area (TPSA) is 26.3 Å². The SMILES string of the molecule is CCOC(=O)C(c1ccc(Br)cc1)c1cc(-c2ccc(C)cc2)c2cccccc1-2. The summed E-state index contributed by atoms with van der Waals surface area (Å²) in [5.74, 6) is -0.712. The minimum Gasteiger partial charge on any atom is -0.465 e. The number of benzene rings is 2. The van der Waals surface area contributed by atoms with Gasteiger partial charge >= 0.3 is 5.97 Å². The number of hydrogen-bond donors (Lipinski definition) is 0. The van der Waals surface area contributed by atoms with Gasteiger partial charge in [0.05, 0.1) is 6.61 Å². The smallest absolute Gasteiger partial charge is 0.317 e. The van der Waals surface area contributed by atoms with Crippen molar-refractivity contribution in [2.75, 3.05) is 6.61 Å². The van der Waals surface area contributed by atoms with E-state index in [0.29, 0.717) is 6.61 Å². The Kier molecular flexibility index (Phi) is 6.01. The van der Waals surface area contributed by atoms with Gasteiger partial charge < -0.3 is 4.74 Å². The van der Waals surface area contributed by atoms with Gasteiger partial charge in [0.25, 0.3) is 0 Å². The van der Waals surface area contributed by atoms with Crippen LogP contribution < -0.4 is 0 Å². The van der Waals surface area contributed by atoms with Crippen LogP contribution >= 0.6 is 15.9 Å². The Bertz CT molecular complexity index is 1130. The molecule has 2 aromatic carbocycles. The molecule has 2 aliphatic rings. The van der Waals surface area contributed by atoms with Crippen LogP contribution in [0.15, 0.2) is 89.4 Å². The van der Waals surface area contributed by atoms with Crippen molar-refractivity contribution >= 4 is 21.9 Å². The number of carbonyl (C=O) groups is 1. The highest BCUT2D eigenvalue weighted by molar-refractivity contribution is 9.10. The van der Waals surface area contributed by atoms with Crippen molar-refractivity contribution < 1.29 is 9.53 Å². The fourth-order valence-corrected chi connectivity index (χ4v) is 4.14. The third-order valence-corrected chi connectivity index (χ3v) is 5.87. The maximum atomic E-state index is 13.1. The van der Waals surface area contributed by atoms with Crippen molar-refractivity contribution in [1.82, 2.24) is 0 Å². The third kappa shape index (κ3) is 4.03. The van der Waals surface area contributed by atoms with Crippen LogP contribution in [0.2, 0.25) is 0 Å². The zero-order valence-corrected chi connectivity index (χ0v) is 18.6. The van der Waals surface area contributed by atoms with Crippen LogP contribution in [0, 0.1) is 6.92 Å². The number of fused-ring (bicyclic) bond motifs is 1. The molecular formula is C27H23BrO2. The lowest BCUT2D eigenvalue weighted by molar-refractivity contribution is -0.143. The first-order valence-corrected chi connectivity index (χ1v) is 10.9. The molecule has 2 nitrogen and oxygen atoms in total. The van der Waals surface area contributed by atoms with Crippen LogP contribution in [0.4, 0.5) is 0 Å². The largest absolute Gasteiger partial charge is 0.465 e. The highest BCUT2D eigenvalue weighted by Gasteiger charge is 2.30. The molecule has 0 N–H and O–H groups in total. The van der Waals surface area contributed by atoms with Crippen LogP contribution in [0.5, 0.6) is 0 Å². The lowest BCUT2D eigenvalue weighted by Crippen LogP contribution is -2.17. The molecule has 30 heavy (non-hydrogen) atoms. The maximum Gasteiger partial charge on any atom is 0.317 e. The standard InChI is InChI=1S/C27H23BrO2/c1-3-30-27(29)26(20-13-15-21(28)16-14-20)25-17-24(19-11-9-18(2)10-12-19)22-7-5-4-6-8-23(22)25/h4-17,26H,3H2,1-2H3. The van der Waals surface area contributed by atoms with Gasteiger partial charge in [0.2, 0.25) is 0 Å². The van der Waals surface area contributed by atoms with Crippen molar-refractivity contribution in [3.8, 4) is 22.3 Å². The van der Waals surface area contributed by atoms with Crippen LogP contribution in [0.3, 0.4) is 0 Å². The van der Waals surface area contributed by atoms with Gasteiger partial charge in [-0.1, -0.05) is 88.2 Å². The van der Waals surface area contributed by atoms with E-state index in [-0.39, 0.29) is 5.97 Å². The summed E-state index contributed by atoms with van der Waals surface area (Å²) in [4.78, 5) is 13.1. The molecule has 150 valence electrons. The second-order valence-electron chi connectivity index (χ2n) is 7.35. The molecule has 0 radical (unpaired) electrons. The lowest BCUT2D eigenvalue weighted by atomic mass is 9.90. The molecule has 4 rings (SSSR count). The summed E-state index contributed by atoms with van der Waals surface area (Å²) >= 11 is 3.49. The average Bonchev–Trinajstić information content (AvgIpc) is 2.92. The van der Waals surface area contributed by atoms with E-state index in [9.17, 15) is 4.79 Å². The summed E-state index contributed by atoms with van der Waals surface area (Å²) in [7, 11) is 0. The predicted octanol–water partition coefficient (Wildman–Crippen LogP) is 7.22. The summed E-state index contributed by atoms with van der Waals surface area (Å²) < 4.78 is 6.48. The Morgan fingerprint density at radius 3 is 2.20 bits per heavy atom. The molecule has 2 aliphatic carbocycles. The minimum atomic E-state index is -0.484. The molecule has 0 spiro atoms. The Morgan fingerprint density at radius 2 is 1.53 bits per heavy atom. The number of rotatable bonds is 5. The molecule has 0 aromatic heterocycles. The van der Waals surface area contributed by atoms with Crippen molar-refractivity contribution in [1.29, 1.82) is 0 Å². The first kappa shape index (κ1) is 20.4. The second-order valence-corrected chi connectivity index (χ2v) is 8.27. The number of ether oxygens (including phenoxy) is 1. The normalized spacial score (nSPS) is 12.0. The molecule has 0 bridgehead atoms. The summed E-state index contributed by atoms with van der Waals surface area (Å²) in [5, 5.41) is 0. The van der Waals surface area contributed by atoms with Crippen molar-refractivity contribution in [3.05, 3.63) is 106 Å². The zero-order chi connectivity index (χ0) is 21.1. The van der Waals surface area contributed by atoms with Gasteiger partial charge in [-0.3, -0.25) is 4.79 Å². The molecule has 0 amide bonds. The zero-order valence-electron chi connectivity index (χ0n) is 17.1. The molecule has 0 fully saturated rings. The van der Waals surface area contributed by atoms with Gasteiger partial charge in [-0.05, 0) is 65.4 Å². The van der Waals surface area contributed by atoms with Gasteiger partial charge in [0.15, 0.2) is 0 Å². The summed E-state index contributed by atoms with van der Waals surface area (Å²) in [6.45, 7) is 4.28. The summed E-state index contributed by atoms with van der Waals surface area (Å²) in [5.41, 5.74) is 7.58. The molecule has 0 heterocycles. The molecule has 2 aromatic rings. The van der Waals surface area contributed by atoms with Crippen LogP contribution in [0.1, 0.15) is 29.5 Å². The van der Waals surface area contributed by atoms with E-state index < -0.39 is 5.92 Å². The van der Waals surface area contributed by atoms with E-state index in [1.165, 1.54) is 5.56 Å². The van der Waals surface area contributed by atoms with E-state index >= 15 is 0 Å². The highest BCUT2D eigenvalue weighted by Crippen LogP contribution is 2.44. The quantitative estimate of drug-likeness (QED) is 0.295. The number of hydrogen-bond acceptors (Lipinski definition) is 2. The average molecular weight is 459 g/mol. The Labute approximate surface area is 186 Å². The van der Waals surface area contributed by atoms with Crippen molar-refractivity contribution in [2.45, 2.75) is 19.8 Å². The van der Waals surface area contributed by atoms with E-state index in [2.05, 4.69) is 65.3 Å². The monoisotopic (exact) mass is 458 g/mol. The first-order valence-electron chi connectivity index (χ1n) is 10.1. The van der Waals surface area contributed by atoms with Crippen molar-refractivity contribution in [3.63, 3.8) is 0 Å². The molecule has 3 heteroatoms. The van der Waals surface area contributed by atoms with Gasteiger partial charge in [0.1, 0.15) is 5.92 Å². The highest BCUT2D eigenvalue weighted by atomic mass is 79.9. The molecule has 1 unspecified atom stereocenters. The maximum absolute atomic E-state index is 13.1. The minimum absolute atomic E-state index is 0.228. The van der Waals surface area contributed by atoms with Gasteiger partial charge in [-0.2, -0.15) is 0 Å². The Morgan fingerprint density at radius 1 is 0.867 bits per heavy atom. The second kappa shape index (κ2) is 8.85. The fraction of sp³-hybridized carbons (Fsp3) is 0.148.